The molecule has 204 valence electrons. The number of rotatable bonds is 4. The predicted molar refractivity (Wildman–Crippen MR) is 124 cm³/mol. The van der Waals surface area contributed by atoms with Crippen LogP contribution in [0.15, 0.2) is 22.0 Å². The Morgan fingerprint density at radius 2 is 1.89 bits per heavy atom. The van der Waals surface area contributed by atoms with Crippen LogP contribution in [0.25, 0.3) is 0 Å². The molecule has 37 heavy (non-hydrogen) atoms. The van der Waals surface area contributed by atoms with Gasteiger partial charge in [0, 0.05) is 45.0 Å². The van der Waals surface area contributed by atoms with Crippen molar-refractivity contribution in [2.75, 3.05) is 13.1 Å². The van der Waals surface area contributed by atoms with E-state index < -0.39 is 28.9 Å². The van der Waals surface area contributed by atoms with E-state index in [4.69, 9.17) is 14.6 Å². The monoisotopic (exact) mass is 528 g/mol. The standard InChI is InChI=1S/C21H30N6O3.C2HF3O2/c1-24-10-17(9-22-24)11-25-8-7-21(14-25)15-26-18(13-30-21)23-27(20(29)19(26)28)12-16-5-3-2-4-6-16;3-2(4,5)1(6)7/h9-10,16H,2-8,11-15H2,1H3;(H,6,7). The van der Waals surface area contributed by atoms with E-state index in [-0.39, 0.29) is 6.61 Å². The van der Waals surface area contributed by atoms with E-state index in [0.29, 0.717) is 24.8 Å². The maximum Gasteiger partial charge on any atom is 0.490 e. The molecule has 1 saturated heterocycles. The number of hydrogen-bond acceptors (Lipinski definition) is 7. The lowest BCUT2D eigenvalue weighted by atomic mass is 9.89. The van der Waals surface area contributed by atoms with Crippen molar-refractivity contribution in [3.8, 4) is 0 Å². The van der Waals surface area contributed by atoms with Crippen LogP contribution in [0.3, 0.4) is 0 Å². The minimum absolute atomic E-state index is 0.279. The van der Waals surface area contributed by atoms with E-state index in [2.05, 4.69) is 15.1 Å². The molecular weight excluding hydrogens is 497 g/mol. The Kier molecular flexibility index (Phi) is 7.88. The van der Waals surface area contributed by atoms with Crippen molar-refractivity contribution < 1.29 is 27.8 Å². The average Bonchev–Trinajstić information content (AvgIpc) is 3.44. The van der Waals surface area contributed by atoms with Crippen molar-refractivity contribution in [2.24, 2.45) is 13.0 Å². The van der Waals surface area contributed by atoms with Gasteiger partial charge in [0.15, 0.2) is 5.82 Å². The molecule has 0 amide bonds. The van der Waals surface area contributed by atoms with Gasteiger partial charge in [0.05, 0.1) is 12.7 Å². The number of likely N-dealkylation sites (tertiary alicyclic amines) is 1. The summed E-state index contributed by atoms with van der Waals surface area (Å²) < 4.78 is 42.8. The number of carbonyl (C=O) groups is 1. The molecule has 1 aliphatic carbocycles. The third-order valence-corrected chi connectivity index (χ3v) is 7.12. The van der Waals surface area contributed by atoms with Gasteiger partial charge < -0.3 is 9.84 Å². The van der Waals surface area contributed by atoms with Gasteiger partial charge >= 0.3 is 23.3 Å². The van der Waals surface area contributed by atoms with Gasteiger partial charge in [0.25, 0.3) is 0 Å². The molecule has 1 atom stereocenters. The zero-order valence-corrected chi connectivity index (χ0v) is 20.6. The first-order valence-electron chi connectivity index (χ1n) is 12.3. The number of alkyl halides is 3. The van der Waals surface area contributed by atoms with Crippen LogP contribution >= 0.6 is 0 Å². The highest BCUT2D eigenvalue weighted by molar-refractivity contribution is 5.73. The highest BCUT2D eigenvalue weighted by Gasteiger charge is 2.43. The molecule has 1 spiro atoms. The molecule has 2 fully saturated rings. The number of carboxylic acid groups (broad SMARTS) is 1. The van der Waals surface area contributed by atoms with Crippen LogP contribution in [0.1, 0.15) is 49.9 Å². The normalized spacial score (nSPS) is 22.5. The van der Waals surface area contributed by atoms with Crippen molar-refractivity contribution in [3.63, 3.8) is 0 Å². The summed E-state index contributed by atoms with van der Waals surface area (Å²) in [4.78, 5) is 36.9. The molecule has 0 bridgehead atoms. The number of nitrogens with zero attached hydrogens (tertiary/aromatic N) is 6. The van der Waals surface area contributed by atoms with Crippen molar-refractivity contribution in [2.45, 2.75) is 76.5 Å². The molecule has 11 nitrogen and oxygen atoms in total. The van der Waals surface area contributed by atoms with Crippen LogP contribution < -0.4 is 11.1 Å². The van der Waals surface area contributed by atoms with Gasteiger partial charge in [-0.05, 0) is 25.2 Å². The van der Waals surface area contributed by atoms with Crippen LogP contribution in [0.2, 0.25) is 0 Å². The molecule has 2 aromatic rings. The Labute approximate surface area is 210 Å². The summed E-state index contributed by atoms with van der Waals surface area (Å²) in [5, 5.41) is 15.9. The summed E-state index contributed by atoms with van der Waals surface area (Å²) in [7, 11) is 1.91. The number of ether oxygens (including phenoxy) is 1. The first-order valence-corrected chi connectivity index (χ1v) is 12.3. The van der Waals surface area contributed by atoms with E-state index in [0.717, 1.165) is 44.5 Å². The second-order valence-electron chi connectivity index (χ2n) is 10.1. The maximum atomic E-state index is 12.9. The van der Waals surface area contributed by atoms with Gasteiger partial charge in [-0.15, -0.1) is 0 Å². The van der Waals surface area contributed by atoms with Gasteiger partial charge in [-0.2, -0.15) is 23.4 Å². The highest BCUT2D eigenvalue weighted by atomic mass is 19.4. The predicted octanol–water partition coefficient (Wildman–Crippen LogP) is 1.53. The second kappa shape index (κ2) is 10.8. The van der Waals surface area contributed by atoms with E-state index in [1.165, 1.54) is 23.9 Å². The third kappa shape index (κ3) is 6.47. The molecular formula is C23H31F3N6O5. The zero-order valence-electron chi connectivity index (χ0n) is 20.6. The molecule has 0 aromatic carbocycles. The molecule has 1 unspecified atom stereocenters. The summed E-state index contributed by atoms with van der Waals surface area (Å²) in [6.45, 7) is 3.66. The summed E-state index contributed by atoms with van der Waals surface area (Å²) in [6.07, 6.45) is 5.53. The summed E-state index contributed by atoms with van der Waals surface area (Å²) >= 11 is 0. The van der Waals surface area contributed by atoms with Crippen molar-refractivity contribution in [1.82, 2.24) is 29.0 Å². The van der Waals surface area contributed by atoms with E-state index in [9.17, 15) is 22.8 Å². The largest absolute Gasteiger partial charge is 0.490 e. The average molecular weight is 529 g/mol. The van der Waals surface area contributed by atoms with Crippen LogP contribution in [0.5, 0.6) is 0 Å². The Bertz CT molecular complexity index is 1230. The molecule has 14 heteroatoms. The number of aryl methyl sites for hydroxylation is 1. The topological polar surface area (TPSA) is 124 Å². The van der Waals surface area contributed by atoms with Gasteiger partial charge in [0.1, 0.15) is 12.2 Å². The summed E-state index contributed by atoms with van der Waals surface area (Å²) in [5.41, 5.74) is -0.214. The van der Waals surface area contributed by atoms with Crippen molar-refractivity contribution in [1.29, 1.82) is 0 Å². The Hall–Kier alpha value is -3.00. The van der Waals surface area contributed by atoms with Crippen molar-refractivity contribution >= 4 is 5.97 Å². The first kappa shape index (κ1) is 27.0. The number of halogens is 3. The number of aromatic nitrogens is 5. The smallest absolute Gasteiger partial charge is 0.475 e. The summed E-state index contributed by atoms with van der Waals surface area (Å²) in [6, 6.07) is 0. The van der Waals surface area contributed by atoms with Gasteiger partial charge in [-0.3, -0.25) is 23.7 Å². The molecule has 0 radical (unpaired) electrons. The highest BCUT2D eigenvalue weighted by Crippen LogP contribution is 2.32. The van der Waals surface area contributed by atoms with E-state index in [1.807, 2.05) is 19.4 Å². The molecule has 1 saturated carbocycles. The van der Waals surface area contributed by atoms with Crippen LogP contribution in [0.4, 0.5) is 13.2 Å². The Morgan fingerprint density at radius 1 is 1.19 bits per heavy atom. The molecule has 2 aromatic heterocycles. The molecule has 3 aliphatic rings. The zero-order chi connectivity index (χ0) is 26.8. The number of fused-ring (bicyclic) bond motifs is 1. The number of aliphatic carboxylic acids is 1. The Balaban J connectivity index is 0.000000405. The Morgan fingerprint density at radius 3 is 2.51 bits per heavy atom. The first-order chi connectivity index (χ1) is 17.5. The lowest BCUT2D eigenvalue weighted by molar-refractivity contribution is -0.192. The lowest BCUT2D eigenvalue weighted by Gasteiger charge is -2.35. The van der Waals surface area contributed by atoms with Crippen LogP contribution in [-0.2, 0) is 42.8 Å². The van der Waals surface area contributed by atoms with Crippen LogP contribution in [-0.4, -0.2) is 65.0 Å². The molecule has 5 rings (SSSR count). The lowest BCUT2D eigenvalue weighted by Crippen LogP contribution is -2.53. The van der Waals surface area contributed by atoms with E-state index >= 15 is 0 Å². The van der Waals surface area contributed by atoms with Gasteiger partial charge in [0.2, 0.25) is 0 Å². The van der Waals surface area contributed by atoms with Crippen LogP contribution in [0, 0.1) is 5.92 Å². The molecule has 2 aliphatic heterocycles. The van der Waals surface area contributed by atoms with Gasteiger partial charge in [-0.25, -0.2) is 9.48 Å². The summed E-state index contributed by atoms with van der Waals surface area (Å²) in [5.74, 6) is -1.74. The fraction of sp³-hybridized carbons (Fsp3) is 0.696. The minimum Gasteiger partial charge on any atom is -0.475 e. The second-order valence-corrected chi connectivity index (χ2v) is 10.1. The fourth-order valence-corrected chi connectivity index (χ4v) is 5.26. The number of carboxylic acids is 1. The third-order valence-electron chi connectivity index (χ3n) is 7.12. The van der Waals surface area contributed by atoms with E-state index in [1.54, 1.807) is 9.25 Å². The fourth-order valence-electron chi connectivity index (χ4n) is 5.26. The number of hydrogen-bond donors (Lipinski definition) is 1. The van der Waals surface area contributed by atoms with Crippen molar-refractivity contribution in [3.05, 3.63) is 44.5 Å². The van der Waals surface area contributed by atoms with Gasteiger partial charge in [-0.1, -0.05) is 19.3 Å². The SMILES string of the molecule is Cn1cc(CN2CCC3(C2)Cn2c(nn(CC4CCCCC4)c(=O)c2=O)CO3)cn1.O=C(O)C(F)(F)F. The molecule has 1 N–H and O–H groups in total. The molecule has 4 heterocycles. The quantitative estimate of drug-likeness (QED) is 0.593. The maximum absolute atomic E-state index is 12.9. The minimum atomic E-state index is -5.08.